The van der Waals surface area contributed by atoms with Crippen molar-refractivity contribution in [3.05, 3.63) is 53.1 Å². The van der Waals surface area contributed by atoms with E-state index in [1.54, 1.807) is 0 Å². The molecule has 0 saturated heterocycles. The van der Waals surface area contributed by atoms with E-state index in [1.165, 1.54) is 30.2 Å². The van der Waals surface area contributed by atoms with Gasteiger partial charge in [0.15, 0.2) is 11.5 Å². The summed E-state index contributed by atoms with van der Waals surface area (Å²) < 4.78 is 34.4. The summed E-state index contributed by atoms with van der Waals surface area (Å²) in [6.07, 6.45) is 0.155. The highest BCUT2D eigenvalue weighted by Crippen LogP contribution is 2.31. The molecule has 2 aromatic rings. The van der Waals surface area contributed by atoms with E-state index in [9.17, 15) is 13.6 Å². The molecule has 7 heteroatoms. The van der Waals surface area contributed by atoms with Gasteiger partial charge >= 0.3 is 6.61 Å². The van der Waals surface area contributed by atoms with Crippen LogP contribution in [0, 0.1) is 25.2 Å². The molecule has 0 saturated carbocycles. The molecule has 0 heterocycles. The maximum atomic E-state index is 13.0. The highest BCUT2D eigenvalue weighted by molar-refractivity contribution is 6.06. The van der Waals surface area contributed by atoms with Crippen LogP contribution in [0.4, 0.5) is 14.5 Å². The fourth-order valence-electron chi connectivity index (χ4n) is 2.55. The van der Waals surface area contributed by atoms with Crippen molar-refractivity contribution < 1.29 is 23.0 Å². The lowest BCUT2D eigenvalue weighted by atomic mass is 10.1. The average Bonchev–Trinajstić information content (AvgIpc) is 2.64. The monoisotopic (exact) mass is 374 g/mol. The van der Waals surface area contributed by atoms with E-state index in [0.717, 1.165) is 11.1 Å². The van der Waals surface area contributed by atoms with Crippen LogP contribution < -0.4 is 14.4 Å². The summed E-state index contributed by atoms with van der Waals surface area (Å²) in [5, 5.41) is 8.92. The van der Waals surface area contributed by atoms with Gasteiger partial charge in [-0.15, -0.1) is 0 Å². The summed E-state index contributed by atoms with van der Waals surface area (Å²) in [4.78, 5) is 14.5. The molecular weight excluding hydrogens is 354 g/mol. The minimum atomic E-state index is -3.00. The van der Waals surface area contributed by atoms with Crippen molar-refractivity contribution in [1.82, 2.24) is 0 Å². The number of nitrogens with zero attached hydrogens (tertiary/aromatic N) is 2. The van der Waals surface area contributed by atoms with Gasteiger partial charge < -0.3 is 14.4 Å². The first-order valence-electron chi connectivity index (χ1n) is 8.26. The fraction of sp³-hybridized carbons (Fsp3) is 0.300. The van der Waals surface area contributed by atoms with Crippen molar-refractivity contribution in [2.75, 3.05) is 18.6 Å². The molecule has 0 N–H and O–H groups in total. The molecule has 5 nitrogen and oxygen atoms in total. The Morgan fingerprint density at radius 2 is 1.89 bits per heavy atom. The van der Waals surface area contributed by atoms with Gasteiger partial charge in [-0.3, -0.25) is 4.79 Å². The second kappa shape index (κ2) is 8.99. The van der Waals surface area contributed by atoms with Crippen LogP contribution in [0.2, 0.25) is 0 Å². The van der Waals surface area contributed by atoms with Crippen LogP contribution in [-0.4, -0.2) is 26.2 Å². The molecule has 0 unspecified atom stereocenters. The maximum absolute atomic E-state index is 13.0. The van der Waals surface area contributed by atoms with Crippen molar-refractivity contribution in [1.29, 1.82) is 5.26 Å². The zero-order valence-corrected chi connectivity index (χ0v) is 15.3. The number of carbonyl (C=O) groups is 1. The second-order valence-corrected chi connectivity index (χ2v) is 5.88. The summed E-state index contributed by atoms with van der Waals surface area (Å²) >= 11 is 0. The molecule has 0 aliphatic carbocycles. The molecule has 2 aromatic carbocycles. The molecule has 27 heavy (non-hydrogen) atoms. The SMILES string of the molecule is COc1cc(C(=O)N(CCC#N)c2ccc(C)c(C)c2)ccc1OC(F)F. The van der Waals surface area contributed by atoms with Crippen LogP contribution in [0.1, 0.15) is 27.9 Å². The maximum Gasteiger partial charge on any atom is 0.387 e. The van der Waals surface area contributed by atoms with Gasteiger partial charge in [-0.2, -0.15) is 14.0 Å². The Balaban J connectivity index is 2.39. The van der Waals surface area contributed by atoms with Gasteiger partial charge in [0.1, 0.15) is 0 Å². The molecular formula is C20H20F2N2O3. The van der Waals surface area contributed by atoms with E-state index in [2.05, 4.69) is 4.74 Å². The first-order chi connectivity index (χ1) is 12.9. The van der Waals surface area contributed by atoms with E-state index >= 15 is 0 Å². The summed E-state index contributed by atoms with van der Waals surface area (Å²) in [6, 6.07) is 11.6. The minimum Gasteiger partial charge on any atom is -0.493 e. The van der Waals surface area contributed by atoms with Gasteiger partial charge in [-0.25, -0.2) is 0 Å². The second-order valence-electron chi connectivity index (χ2n) is 5.88. The van der Waals surface area contributed by atoms with Gasteiger partial charge in [0, 0.05) is 17.8 Å². The molecule has 142 valence electrons. The third-order valence-electron chi connectivity index (χ3n) is 4.12. The topological polar surface area (TPSA) is 62.6 Å². The number of aryl methyl sites for hydroxylation is 2. The van der Waals surface area contributed by atoms with Gasteiger partial charge in [0.05, 0.1) is 19.6 Å². The van der Waals surface area contributed by atoms with Crippen molar-refractivity contribution in [3.8, 4) is 17.6 Å². The molecule has 1 amide bonds. The van der Waals surface area contributed by atoms with E-state index in [4.69, 9.17) is 10.00 Å². The molecule has 0 radical (unpaired) electrons. The standard InChI is InChI=1S/C20H20F2N2O3/c1-13-5-7-16(11-14(13)2)24(10-4-9-23)19(25)15-6-8-17(27-20(21)22)18(12-15)26-3/h5-8,11-12,20H,4,10H2,1-3H3. The number of ether oxygens (including phenoxy) is 2. The van der Waals surface area contributed by atoms with Crippen molar-refractivity contribution in [2.24, 2.45) is 0 Å². The normalized spacial score (nSPS) is 10.4. The van der Waals surface area contributed by atoms with E-state index in [0.29, 0.717) is 5.69 Å². The van der Waals surface area contributed by atoms with Crippen LogP contribution in [0.3, 0.4) is 0 Å². The Morgan fingerprint density at radius 3 is 2.48 bits per heavy atom. The number of amides is 1. The molecule has 2 rings (SSSR count). The number of nitriles is 1. The van der Waals surface area contributed by atoms with Gasteiger partial charge in [0.2, 0.25) is 0 Å². The first kappa shape index (κ1) is 20.2. The molecule has 0 aromatic heterocycles. The highest BCUT2D eigenvalue weighted by atomic mass is 19.3. The summed E-state index contributed by atoms with van der Waals surface area (Å²) in [5.41, 5.74) is 3.00. The number of alkyl halides is 2. The summed E-state index contributed by atoms with van der Waals surface area (Å²) in [7, 11) is 1.30. The Morgan fingerprint density at radius 1 is 1.15 bits per heavy atom. The number of carbonyl (C=O) groups excluding carboxylic acids is 1. The zero-order chi connectivity index (χ0) is 20.0. The molecule has 0 aliphatic heterocycles. The van der Waals surface area contributed by atoms with Crippen LogP contribution in [0.15, 0.2) is 36.4 Å². The number of hydrogen-bond acceptors (Lipinski definition) is 4. The molecule has 0 fully saturated rings. The Hall–Kier alpha value is -3.14. The Labute approximate surface area is 156 Å². The van der Waals surface area contributed by atoms with Gasteiger partial charge in [-0.05, 0) is 55.3 Å². The number of halogens is 2. The third kappa shape index (κ3) is 4.94. The van der Waals surface area contributed by atoms with Crippen LogP contribution in [0.25, 0.3) is 0 Å². The smallest absolute Gasteiger partial charge is 0.387 e. The zero-order valence-electron chi connectivity index (χ0n) is 15.3. The molecule has 0 spiro atoms. The number of hydrogen-bond donors (Lipinski definition) is 0. The highest BCUT2D eigenvalue weighted by Gasteiger charge is 2.20. The first-order valence-corrected chi connectivity index (χ1v) is 8.26. The molecule has 0 aliphatic rings. The lowest BCUT2D eigenvalue weighted by Crippen LogP contribution is -2.32. The van der Waals surface area contributed by atoms with Crippen LogP contribution >= 0.6 is 0 Å². The lowest BCUT2D eigenvalue weighted by Gasteiger charge is -2.23. The lowest BCUT2D eigenvalue weighted by molar-refractivity contribution is -0.0512. The number of methoxy groups -OCH3 is 1. The molecule has 0 bridgehead atoms. The van der Waals surface area contributed by atoms with Gasteiger partial charge in [0.25, 0.3) is 5.91 Å². The third-order valence-corrected chi connectivity index (χ3v) is 4.12. The predicted octanol–water partition coefficient (Wildman–Crippen LogP) is 4.47. The minimum absolute atomic E-state index is 0.0291. The van der Waals surface area contributed by atoms with Crippen LogP contribution in [0.5, 0.6) is 11.5 Å². The largest absolute Gasteiger partial charge is 0.493 e. The average molecular weight is 374 g/mol. The number of anilines is 1. The van der Waals surface area contributed by atoms with Crippen LogP contribution in [-0.2, 0) is 0 Å². The summed E-state index contributed by atoms with van der Waals surface area (Å²) in [6.45, 7) is 1.11. The number of rotatable bonds is 7. The van der Waals surface area contributed by atoms with Crippen molar-refractivity contribution in [2.45, 2.75) is 26.9 Å². The molecule has 0 atom stereocenters. The van der Waals surface area contributed by atoms with E-state index in [-0.39, 0.29) is 35.9 Å². The predicted molar refractivity (Wildman–Crippen MR) is 97.4 cm³/mol. The Bertz CT molecular complexity index is 863. The Kier molecular flexibility index (Phi) is 6.72. The van der Waals surface area contributed by atoms with E-state index in [1.807, 2.05) is 38.1 Å². The van der Waals surface area contributed by atoms with Crippen molar-refractivity contribution in [3.63, 3.8) is 0 Å². The van der Waals surface area contributed by atoms with Gasteiger partial charge in [-0.1, -0.05) is 6.07 Å². The van der Waals surface area contributed by atoms with Crippen molar-refractivity contribution >= 4 is 11.6 Å². The fourth-order valence-corrected chi connectivity index (χ4v) is 2.55. The van der Waals surface area contributed by atoms with E-state index < -0.39 is 6.61 Å². The quantitative estimate of drug-likeness (QED) is 0.717. The summed E-state index contributed by atoms with van der Waals surface area (Å²) in [5.74, 6) is -0.490. The number of benzene rings is 2.